The minimum Gasteiger partial charge on any atom is -0.314 e. The Morgan fingerprint density at radius 3 is 2.31 bits per heavy atom. The quantitative estimate of drug-likeness (QED) is 0.679. The van der Waals surface area contributed by atoms with Gasteiger partial charge in [-0.2, -0.15) is 0 Å². The number of carbonyl (C=O) groups is 1. The van der Waals surface area contributed by atoms with Crippen LogP contribution < -0.4 is 15.4 Å². The molecule has 0 bridgehead atoms. The third kappa shape index (κ3) is 4.38. The number of sulfonamides is 1. The van der Waals surface area contributed by atoms with Crippen molar-refractivity contribution in [2.24, 2.45) is 0 Å². The van der Waals surface area contributed by atoms with Gasteiger partial charge in [0.25, 0.3) is 0 Å². The highest BCUT2D eigenvalue weighted by Crippen LogP contribution is 2.38. The molecule has 2 amide bonds. The number of urea groups is 1. The molecule has 3 rings (SSSR count). The Kier molecular flexibility index (Phi) is 5.87. The summed E-state index contributed by atoms with van der Waals surface area (Å²) in [6, 6.07) is 1.74. The molecule has 0 radical (unpaired) electrons. The number of hydrogen-bond acceptors (Lipinski definition) is 4. The summed E-state index contributed by atoms with van der Waals surface area (Å²) in [5, 5.41) is 6.04. The number of anilines is 1. The molecule has 0 saturated carbocycles. The molecule has 26 heavy (non-hydrogen) atoms. The van der Waals surface area contributed by atoms with Crippen LogP contribution in [0.5, 0.6) is 0 Å². The van der Waals surface area contributed by atoms with Crippen LogP contribution in [0.1, 0.15) is 55.4 Å². The molecule has 0 fully saturated rings. The lowest BCUT2D eigenvalue weighted by Gasteiger charge is -2.17. The van der Waals surface area contributed by atoms with E-state index in [9.17, 15) is 13.2 Å². The Labute approximate surface area is 156 Å². The molecule has 1 aromatic carbocycles. The SMILES string of the molecule is CCNC(C)CCS(=O)(=O)NC(=O)Nc1c2c(cc3c1CCC3)CCC2. The van der Waals surface area contributed by atoms with E-state index in [4.69, 9.17) is 0 Å². The van der Waals surface area contributed by atoms with Crippen LogP contribution in [-0.2, 0) is 35.7 Å². The van der Waals surface area contributed by atoms with E-state index in [1.807, 2.05) is 13.8 Å². The van der Waals surface area contributed by atoms with Crippen molar-refractivity contribution in [3.8, 4) is 0 Å². The van der Waals surface area contributed by atoms with Gasteiger partial charge in [-0.1, -0.05) is 13.0 Å². The molecule has 1 unspecified atom stereocenters. The summed E-state index contributed by atoms with van der Waals surface area (Å²) in [6.07, 6.45) is 6.63. The highest BCUT2D eigenvalue weighted by molar-refractivity contribution is 7.90. The number of hydrogen-bond donors (Lipinski definition) is 3. The molecule has 0 aromatic heterocycles. The van der Waals surface area contributed by atoms with Gasteiger partial charge in [0.2, 0.25) is 10.0 Å². The Morgan fingerprint density at radius 1 is 1.12 bits per heavy atom. The molecule has 0 heterocycles. The van der Waals surface area contributed by atoms with E-state index in [1.54, 1.807) is 0 Å². The number of aryl methyl sites for hydroxylation is 2. The molecule has 3 N–H and O–H groups in total. The van der Waals surface area contributed by atoms with E-state index in [-0.39, 0.29) is 11.8 Å². The van der Waals surface area contributed by atoms with Gasteiger partial charge in [0.15, 0.2) is 0 Å². The number of fused-ring (bicyclic) bond motifs is 2. The molecule has 0 aliphatic heterocycles. The smallest absolute Gasteiger partial charge is 0.314 e. The molecule has 6 nitrogen and oxygen atoms in total. The predicted molar refractivity (Wildman–Crippen MR) is 104 cm³/mol. The number of carbonyl (C=O) groups excluding carboxylic acids is 1. The van der Waals surface area contributed by atoms with E-state index >= 15 is 0 Å². The minimum atomic E-state index is -3.64. The highest BCUT2D eigenvalue weighted by Gasteiger charge is 2.26. The minimum absolute atomic E-state index is 0.0699. The molecule has 1 atom stereocenters. The van der Waals surface area contributed by atoms with Crippen molar-refractivity contribution in [1.82, 2.24) is 10.0 Å². The van der Waals surface area contributed by atoms with Gasteiger partial charge in [0.05, 0.1) is 5.75 Å². The largest absolute Gasteiger partial charge is 0.332 e. The molecular weight excluding hydrogens is 350 g/mol. The van der Waals surface area contributed by atoms with E-state index < -0.39 is 16.1 Å². The fourth-order valence-corrected chi connectivity index (χ4v) is 5.18. The Hall–Kier alpha value is -1.60. The standard InChI is InChI=1S/C19H29N3O3S/c1-3-20-13(2)10-11-26(24,25)22-19(23)21-18-16-8-4-6-14(16)12-15-7-5-9-17(15)18/h12-13,20H,3-11H2,1-2H3,(H2,21,22,23). The second-order valence-corrected chi connectivity index (χ2v) is 9.20. The predicted octanol–water partition coefficient (Wildman–Crippen LogP) is 2.50. The van der Waals surface area contributed by atoms with Crippen LogP contribution in [0.3, 0.4) is 0 Å². The molecule has 2 aliphatic rings. The van der Waals surface area contributed by atoms with Crippen molar-refractivity contribution in [2.75, 3.05) is 17.6 Å². The number of amides is 2. The second-order valence-electron chi connectivity index (χ2n) is 7.36. The maximum absolute atomic E-state index is 12.4. The molecule has 0 spiro atoms. The lowest BCUT2D eigenvalue weighted by atomic mass is 9.99. The topological polar surface area (TPSA) is 87.3 Å². The fourth-order valence-electron chi connectivity index (χ4n) is 4.08. The fraction of sp³-hybridized carbons (Fsp3) is 0.632. The van der Waals surface area contributed by atoms with Gasteiger partial charge < -0.3 is 10.6 Å². The van der Waals surface area contributed by atoms with Gasteiger partial charge in [0, 0.05) is 11.7 Å². The van der Waals surface area contributed by atoms with Crippen LogP contribution in [-0.4, -0.2) is 32.8 Å². The molecule has 144 valence electrons. The number of nitrogens with one attached hydrogen (secondary N) is 3. The first-order chi connectivity index (χ1) is 12.4. The van der Waals surface area contributed by atoms with Crippen molar-refractivity contribution in [3.05, 3.63) is 28.3 Å². The molecule has 2 aliphatic carbocycles. The van der Waals surface area contributed by atoms with Crippen LogP contribution in [0.2, 0.25) is 0 Å². The Balaban J connectivity index is 1.67. The third-order valence-electron chi connectivity index (χ3n) is 5.33. The van der Waals surface area contributed by atoms with E-state index in [0.717, 1.165) is 50.8 Å². The maximum atomic E-state index is 12.4. The van der Waals surface area contributed by atoms with E-state index in [0.29, 0.717) is 6.42 Å². The van der Waals surface area contributed by atoms with Gasteiger partial charge in [-0.3, -0.25) is 0 Å². The molecule has 0 saturated heterocycles. The average molecular weight is 380 g/mol. The maximum Gasteiger partial charge on any atom is 0.332 e. The van der Waals surface area contributed by atoms with Crippen molar-refractivity contribution < 1.29 is 13.2 Å². The van der Waals surface area contributed by atoms with Crippen LogP contribution in [0.15, 0.2) is 6.07 Å². The first-order valence-corrected chi connectivity index (χ1v) is 11.3. The lowest BCUT2D eigenvalue weighted by Crippen LogP contribution is -2.38. The summed E-state index contributed by atoms with van der Waals surface area (Å²) in [5.74, 6) is -0.0699. The van der Waals surface area contributed by atoms with Gasteiger partial charge >= 0.3 is 6.03 Å². The van der Waals surface area contributed by atoms with Gasteiger partial charge in [0.1, 0.15) is 0 Å². The van der Waals surface area contributed by atoms with E-state index in [1.165, 1.54) is 22.3 Å². The first-order valence-electron chi connectivity index (χ1n) is 9.61. The van der Waals surface area contributed by atoms with Gasteiger partial charge in [-0.15, -0.1) is 0 Å². The Bertz CT molecular complexity index is 757. The zero-order chi connectivity index (χ0) is 18.7. The highest BCUT2D eigenvalue weighted by atomic mass is 32.2. The van der Waals surface area contributed by atoms with Crippen molar-refractivity contribution in [3.63, 3.8) is 0 Å². The van der Waals surface area contributed by atoms with Crippen molar-refractivity contribution >= 4 is 21.7 Å². The summed E-state index contributed by atoms with van der Waals surface area (Å²) in [7, 11) is -3.64. The van der Waals surface area contributed by atoms with Crippen molar-refractivity contribution in [2.45, 2.75) is 64.8 Å². The number of rotatable bonds is 7. The summed E-state index contributed by atoms with van der Waals surface area (Å²) in [5.41, 5.74) is 5.87. The zero-order valence-electron chi connectivity index (χ0n) is 15.7. The summed E-state index contributed by atoms with van der Waals surface area (Å²) in [4.78, 5) is 12.4. The zero-order valence-corrected chi connectivity index (χ0v) is 16.5. The average Bonchev–Trinajstić information content (AvgIpc) is 3.21. The third-order valence-corrected chi connectivity index (χ3v) is 6.60. The molecule has 7 heteroatoms. The lowest BCUT2D eigenvalue weighted by molar-refractivity contribution is 0.256. The van der Waals surface area contributed by atoms with Crippen LogP contribution >= 0.6 is 0 Å². The van der Waals surface area contributed by atoms with Crippen LogP contribution in [0, 0.1) is 0 Å². The van der Waals surface area contributed by atoms with Crippen LogP contribution in [0.4, 0.5) is 10.5 Å². The normalized spacial score (nSPS) is 16.8. The summed E-state index contributed by atoms with van der Waals surface area (Å²) in [6.45, 7) is 4.71. The van der Waals surface area contributed by atoms with Gasteiger partial charge in [-0.05, 0) is 80.7 Å². The van der Waals surface area contributed by atoms with Crippen molar-refractivity contribution in [1.29, 1.82) is 0 Å². The second kappa shape index (κ2) is 7.96. The van der Waals surface area contributed by atoms with Gasteiger partial charge in [-0.25, -0.2) is 17.9 Å². The molecule has 1 aromatic rings. The first kappa shape index (κ1) is 19.2. The van der Waals surface area contributed by atoms with Crippen LogP contribution in [0.25, 0.3) is 0 Å². The molecular formula is C19H29N3O3S. The summed E-state index contributed by atoms with van der Waals surface area (Å²) < 4.78 is 26.6. The monoisotopic (exact) mass is 379 g/mol. The number of benzene rings is 1. The Morgan fingerprint density at radius 2 is 1.73 bits per heavy atom. The summed E-state index contributed by atoms with van der Waals surface area (Å²) >= 11 is 0. The van der Waals surface area contributed by atoms with E-state index in [2.05, 4.69) is 21.4 Å².